The molecule has 0 unspecified atom stereocenters. The highest BCUT2D eigenvalue weighted by Crippen LogP contribution is 2.13. The number of carbonyl (C=O) groups is 1. The minimum atomic E-state index is -0.176. The molecule has 0 radical (unpaired) electrons. The number of carbonyl (C=O) groups excluding carboxylic acids is 1. The fraction of sp³-hybridized carbons (Fsp3) is 0.267. The second kappa shape index (κ2) is 6.09. The predicted octanol–water partition coefficient (Wildman–Crippen LogP) is 2.84. The summed E-state index contributed by atoms with van der Waals surface area (Å²) >= 11 is 0. The number of hydrogen-bond acceptors (Lipinski definition) is 3. The first-order valence-corrected chi connectivity index (χ1v) is 6.17. The zero-order chi connectivity index (χ0) is 13.7. The standard InChI is InChI=1S/C15H17NO3/c1-11-5-3-6-13(9-11)19-10-15(17)16-12(2)14-7-4-8-18-14/h3-9,12H,10H2,1-2H3,(H,16,17)/t12-/m1/s1. The molecule has 1 aromatic carbocycles. The number of amides is 1. The van der Waals surface area contributed by atoms with Gasteiger partial charge in [0.15, 0.2) is 6.61 Å². The topological polar surface area (TPSA) is 51.5 Å². The van der Waals surface area contributed by atoms with Crippen LogP contribution in [0.25, 0.3) is 0 Å². The van der Waals surface area contributed by atoms with Gasteiger partial charge in [-0.25, -0.2) is 0 Å². The van der Waals surface area contributed by atoms with Gasteiger partial charge in [0.2, 0.25) is 0 Å². The van der Waals surface area contributed by atoms with Crippen molar-refractivity contribution in [3.8, 4) is 5.75 Å². The zero-order valence-corrected chi connectivity index (χ0v) is 11.1. The van der Waals surface area contributed by atoms with Crippen LogP contribution in [0, 0.1) is 6.92 Å². The van der Waals surface area contributed by atoms with Crippen LogP contribution in [-0.2, 0) is 4.79 Å². The number of hydrogen-bond donors (Lipinski definition) is 1. The van der Waals surface area contributed by atoms with Crippen LogP contribution in [0.2, 0.25) is 0 Å². The fourth-order valence-electron chi connectivity index (χ4n) is 1.75. The summed E-state index contributed by atoms with van der Waals surface area (Å²) in [5.41, 5.74) is 1.10. The van der Waals surface area contributed by atoms with Crippen LogP contribution in [0.15, 0.2) is 47.1 Å². The monoisotopic (exact) mass is 259 g/mol. The second-order valence-corrected chi connectivity index (χ2v) is 4.41. The quantitative estimate of drug-likeness (QED) is 0.898. The van der Waals surface area contributed by atoms with Gasteiger partial charge in [0.05, 0.1) is 12.3 Å². The molecule has 0 aliphatic rings. The Kier molecular flexibility index (Phi) is 4.23. The highest BCUT2D eigenvalue weighted by Gasteiger charge is 2.11. The average Bonchev–Trinajstić information content (AvgIpc) is 2.90. The first kappa shape index (κ1) is 13.2. The van der Waals surface area contributed by atoms with Crippen LogP contribution in [0.3, 0.4) is 0 Å². The van der Waals surface area contributed by atoms with E-state index < -0.39 is 0 Å². The first-order valence-electron chi connectivity index (χ1n) is 6.17. The molecule has 4 heteroatoms. The van der Waals surface area contributed by atoms with Gasteiger partial charge in [-0.05, 0) is 43.7 Å². The average molecular weight is 259 g/mol. The molecule has 0 bridgehead atoms. The van der Waals surface area contributed by atoms with Crippen LogP contribution in [0.1, 0.15) is 24.3 Å². The summed E-state index contributed by atoms with van der Waals surface area (Å²) in [5, 5.41) is 2.81. The molecule has 0 saturated carbocycles. The minimum absolute atomic E-state index is 0.00545. The molecule has 1 amide bonds. The van der Waals surface area contributed by atoms with Gasteiger partial charge in [-0.2, -0.15) is 0 Å². The van der Waals surface area contributed by atoms with Crippen LogP contribution in [0.4, 0.5) is 0 Å². The van der Waals surface area contributed by atoms with Gasteiger partial charge in [0.1, 0.15) is 11.5 Å². The van der Waals surface area contributed by atoms with Crippen LogP contribution < -0.4 is 10.1 Å². The van der Waals surface area contributed by atoms with E-state index in [4.69, 9.17) is 9.15 Å². The van der Waals surface area contributed by atoms with E-state index in [2.05, 4.69) is 5.32 Å². The van der Waals surface area contributed by atoms with Gasteiger partial charge < -0.3 is 14.5 Å². The van der Waals surface area contributed by atoms with E-state index in [1.807, 2.05) is 44.2 Å². The summed E-state index contributed by atoms with van der Waals surface area (Å²) in [5.74, 6) is 1.25. The molecule has 0 aliphatic carbocycles. The number of aryl methyl sites for hydroxylation is 1. The molecule has 1 atom stereocenters. The molecule has 19 heavy (non-hydrogen) atoms. The van der Waals surface area contributed by atoms with E-state index in [1.165, 1.54) is 0 Å². The number of rotatable bonds is 5. The highest BCUT2D eigenvalue weighted by molar-refractivity contribution is 5.77. The lowest BCUT2D eigenvalue weighted by molar-refractivity contribution is -0.123. The Labute approximate surface area is 112 Å². The van der Waals surface area contributed by atoms with Crippen molar-refractivity contribution >= 4 is 5.91 Å². The van der Waals surface area contributed by atoms with Gasteiger partial charge >= 0.3 is 0 Å². The molecule has 0 aliphatic heterocycles. The maximum absolute atomic E-state index is 11.7. The Morgan fingerprint density at radius 2 is 2.21 bits per heavy atom. The van der Waals surface area contributed by atoms with Crippen molar-refractivity contribution in [3.63, 3.8) is 0 Å². The Morgan fingerprint density at radius 1 is 1.37 bits per heavy atom. The smallest absolute Gasteiger partial charge is 0.258 e. The first-order chi connectivity index (χ1) is 9.15. The third-order valence-electron chi connectivity index (χ3n) is 2.71. The summed E-state index contributed by atoms with van der Waals surface area (Å²) in [6.45, 7) is 3.84. The van der Waals surface area contributed by atoms with E-state index >= 15 is 0 Å². The van der Waals surface area contributed by atoms with Gasteiger partial charge in [-0.3, -0.25) is 4.79 Å². The summed E-state index contributed by atoms with van der Waals surface area (Å²) < 4.78 is 10.6. The molecular weight excluding hydrogens is 242 g/mol. The number of nitrogens with one attached hydrogen (secondary N) is 1. The molecule has 2 rings (SSSR count). The second-order valence-electron chi connectivity index (χ2n) is 4.41. The predicted molar refractivity (Wildman–Crippen MR) is 71.9 cm³/mol. The van der Waals surface area contributed by atoms with E-state index in [-0.39, 0.29) is 18.6 Å². The molecule has 4 nitrogen and oxygen atoms in total. The Bertz CT molecular complexity index is 534. The molecule has 1 aromatic heterocycles. The van der Waals surface area contributed by atoms with Gasteiger partial charge in [0.25, 0.3) is 5.91 Å². The van der Waals surface area contributed by atoms with Crippen molar-refractivity contribution in [1.29, 1.82) is 0 Å². The van der Waals surface area contributed by atoms with Crippen LogP contribution >= 0.6 is 0 Å². The fourth-order valence-corrected chi connectivity index (χ4v) is 1.75. The van der Waals surface area contributed by atoms with Crippen molar-refractivity contribution in [3.05, 3.63) is 54.0 Å². The third-order valence-corrected chi connectivity index (χ3v) is 2.71. The van der Waals surface area contributed by atoms with E-state index in [1.54, 1.807) is 12.3 Å². The van der Waals surface area contributed by atoms with Crippen molar-refractivity contribution < 1.29 is 13.9 Å². The molecule has 0 fully saturated rings. The Morgan fingerprint density at radius 3 is 2.89 bits per heavy atom. The molecule has 0 saturated heterocycles. The van der Waals surface area contributed by atoms with E-state index in [0.717, 1.165) is 11.3 Å². The summed E-state index contributed by atoms with van der Waals surface area (Å²) in [4.78, 5) is 11.7. The molecule has 0 spiro atoms. The minimum Gasteiger partial charge on any atom is -0.484 e. The van der Waals surface area contributed by atoms with Gasteiger partial charge in [-0.1, -0.05) is 12.1 Å². The highest BCUT2D eigenvalue weighted by atomic mass is 16.5. The van der Waals surface area contributed by atoms with E-state index in [0.29, 0.717) is 5.75 Å². The van der Waals surface area contributed by atoms with Crippen LogP contribution in [0.5, 0.6) is 5.75 Å². The number of furan rings is 1. The third kappa shape index (κ3) is 3.88. The maximum atomic E-state index is 11.7. The largest absolute Gasteiger partial charge is 0.484 e. The zero-order valence-electron chi connectivity index (χ0n) is 11.1. The van der Waals surface area contributed by atoms with Crippen molar-refractivity contribution in [1.82, 2.24) is 5.32 Å². The summed E-state index contributed by atoms with van der Waals surface area (Å²) in [6, 6.07) is 11.1. The maximum Gasteiger partial charge on any atom is 0.258 e. The normalized spacial score (nSPS) is 11.9. The summed E-state index contributed by atoms with van der Waals surface area (Å²) in [7, 11) is 0. The lowest BCUT2D eigenvalue weighted by Crippen LogP contribution is -2.31. The summed E-state index contributed by atoms with van der Waals surface area (Å²) in [6.07, 6.45) is 1.58. The lowest BCUT2D eigenvalue weighted by Gasteiger charge is -2.12. The Hall–Kier alpha value is -2.23. The number of ether oxygens (including phenoxy) is 1. The van der Waals surface area contributed by atoms with E-state index in [9.17, 15) is 4.79 Å². The van der Waals surface area contributed by atoms with Gasteiger partial charge in [0, 0.05) is 0 Å². The van der Waals surface area contributed by atoms with Gasteiger partial charge in [-0.15, -0.1) is 0 Å². The van der Waals surface area contributed by atoms with Crippen LogP contribution in [-0.4, -0.2) is 12.5 Å². The SMILES string of the molecule is Cc1cccc(OCC(=O)N[C@H](C)c2ccco2)c1. The number of benzene rings is 1. The van der Waals surface area contributed by atoms with Crippen molar-refractivity contribution in [2.75, 3.05) is 6.61 Å². The molecular formula is C15H17NO3. The molecule has 1 heterocycles. The molecule has 2 aromatic rings. The molecule has 1 N–H and O–H groups in total. The lowest BCUT2D eigenvalue weighted by atomic mass is 10.2. The molecule has 100 valence electrons. The Balaban J connectivity index is 1.82. The van der Waals surface area contributed by atoms with Crippen molar-refractivity contribution in [2.45, 2.75) is 19.9 Å². The van der Waals surface area contributed by atoms with Crippen molar-refractivity contribution in [2.24, 2.45) is 0 Å².